The lowest BCUT2D eigenvalue weighted by molar-refractivity contribution is -0.125. The van der Waals surface area contributed by atoms with Crippen molar-refractivity contribution in [3.05, 3.63) is 64.7 Å². The number of hydrogen-bond acceptors (Lipinski definition) is 5. The van der Waals surface area contributed by atoms with Gasteiger partial charge in [-0.05, 0) is 60.2 Å². The van der Waals surface area contributed by atoms with Gasteiger partial charge in [-0.3, -0.25) is 19.3 Å². The van der Waals surface area contributed by atoms with Gasteiger partial charge in [0.2, 0.25) is 5.91 Å². The molecule has 6 nitrogen and oxygen atoms in total. The Labute approximate surface area is 167 Å². The van der Waals surface area contributed by atoms with E-state index in [9.17, 15) is 14.4 Å². The number of aryl methyl sites for hydroxylation is 1. The van der Waals surface area contributed by atoms with E-state index in [1.165, 1.54) is 10.5 Å². The van der Waals surface area contributed by atoms with Gasteiger partial charge in [0.1, 0.15) is 0 Å². The van der Waals surface area contributed by atoms with E-state index >= 15 is 0 Å². The van der Waals surface area contributed by atoms with Gasteiger partial charge in [-0.2, -0.15) is 0 Å². The fourth-order valence-electron chi connectivity index (χ4n) is 3.75. The maximum absolute atomic E-state index is 12.8. The average molecular weight is 395 g/mol. The summed E-state index contributed by atoms with van der Waals surface area (Å²) in [4.78, 5) is 37.6. The van der Waals surface area contributed by atoms with Crippen LogP contribution in [0.3, 0.4) is 0 Å². The molecule has 1 fully saturated rings. The molecule has 144 valence electrons. The van der Waals surface area contributed by atoms with Crippen LogP contribution in [0.2, 0.25) is 0 Å². The number of hydrogen-bond donors (Lipinski definition) is 2. The molecule has 1 aliphatic heterocycles. The van der Waals surface area contributed by atoms with E-state index < -0.39 is 0 Å². The minimum atomic E-state index is -0.238. The van der Waals surface area contributed by atoms with Gasteiger partial charge >= 0.3 is 0 Å². The quantitative estimate of drug-likeness (QED) is 0.775. The molecule has 2 aromatic carbocycles. The number of fused-ring (bicyclic) bond motifs is 1. The minimum absolute atomic E-state index is 0.0429. The second kappa shape index (κ2) is 7.67. The molecular formula is C21H21N3O3S. The molecule has 0 radical (unpaired) electrons. The van der Waals surface area contributed by atoms with Crippen LogP contribution in [0.5, 0.6) is 0 Å². The zero-order chi connectivity index (χ0) is 19.7. The number of carbonyl (C=O) groups excluding carboxylic acids is 3. The molecule has 0 saturated carbocycles. The molecular weight excluding hydrogens is 374 g/mol. The molecule has 2 aliphatic rings. The van der Waals surface area contributed by atoms with Crippen molar-refractivity contribution >= 4 is 34.5 Å². The van der Waals surface area contributed by atoms with Gasteiger partial charge in [-0.15, -0.1) is 0 Å². The van der Waals surface area contributed by atoms with Crippen LogP contribution in [0.15, 0.2) is 42.5 Å². The van der Waals surface area contributed by atoms with Gasteiger partial charge in [-0.1, -0.05) is 30.0 Å². The van der Waals surface area contributed by atoms with Gasteiger partial charge in [0, 0.05) is 11.3 Å². The Bertz CT molecular complexity index is 944. The fourth-order valence-corrected chi connectivity index (χ4v) is 4.48. The van der Waals surface area contributed by atoms with Crippen molar-refractivity contribution in [1.29, 1.82) is 0 Å². The second-order valence-corrected chi connectivity index (χ2v) is 8.04. The summed E-state index contributed by atoms with van der Waals surface area (Å²) in [5.74, 6) is -0.169. The van der Waals surface area contributed by atoms with Crippen molar-refractivity contribution in [2.45, 2.75) is 31.8 Å². The first-order valence-corrected chi connectivity index (χ1v) is 10.2. The van der Waals surface area contributed by atoms with Crippen molar-refractivity contribution < 1.29 is 14.4 Å². The second-order valence-electron chi connectivity index (χ2n) is 7.11. The monoisotopic (exact) mass is 395 g/mol. The van der Waals surface area contributed by atoms with E-state index in [1.807, 2.05) is 24.3 Å². The molecule has 2 aromatic rings. The molecule has 3 amide bonds. The summed E-state index contributed by atoms with van der Waals surface area (Å²) >= 11 is 1.01. The molecule has 1 saturated heterocycles. The summed E-state index contributed by atoms with van der Waals surface area (Å²) < 4.78 is 0. The van der Waals surface area contributed by atoms with Crippen molar-refractivity contribution in [2.75, 3.05) is 11.5 Å². The third-order valence-corrected chi connectivity index (χ3v) is 6.02. The zero-order valence-corrected chi connectivity index (χ0v) is 16.1. The highest BCUT2D eigenvalue weighted by atomic mass is 32.2. The number of nitrogen functional groups attached to an aromatic ring is 1. The van der Waals surface area contributed by atoms with Crippen LogP contribution in [-0.2, 0) is 17.8 Å². The largest absolute Gasteiger partial charge is 0.399 e. The lowest BCUT2D eigenvalue weighted by Gasteiger charge is -2.26. The lowest BCUT2D eigenvalue weighted by atomic mass is 9.87. The number of nitrogens with zero attached hydrogens (tertiary/aromatic N) is 1. The van der Waals surface area contributed by atoms with Crippen LogP contribution in [0.1, 0.15) is 45.9 Å². The van der Waals surface area contributed by atoms with E-state index in [4.69, 9.17) is 5.73 Å². The summed E-state index contributed by atoms with van der Waals surface area (Å²) in [6, 6.07) is 12.9. The van der Waals surface area contributed by atoms with Crippen LogP contribution in [0.4, 0.5) is 10.5 Å². The van der Waals surface area contributed by atoms with E-state index in [2.05, 4.69) is 5.32 Å². The van der Waals surface area contributed by atoms with Gasteiger partial charge in [0.25, 0.3) is 11.1 Å². The maximum atomic E-state index is 12.8. The highest BCUT2D eigenvalue weighted by Gasteiger charge is 2.30. The smallest absolute Gasteiger partial charge is 0.289 e. The van der Waals surface area contributed by atoms with Crippen molar-refractivity contribution in [1.82, 2.24) is 10.2 Å². The van der Waals surface area contributed by atoms with Crippen molar-refractivity contribution in [3.8, 4) is 0 Å². The van der Waals surface area contributed by atoms with Crippen LogP contribution in [0, 0.1) is 0 Å². The molecule has 1 heterocycles. The number of nitrogens with two attached hydrogens (primary N) is 1. The average Bonchev–Trinajstić information content (AvgIpc) is 3.00. The number of amides is 3. The maximum Gasteiger partial charge on any atom is 0.289 e. The number of anilines is 1. The van der Waals surface area contributed by atoms with E-state index in [0.29, 0.717) is 5.56 Å². The SMILES string of the molecule is Nc1ccc2c(c1)CCCC2NC(=O)c1cccc(CN2C(=O)CSC2=O)c1. The summed E-state index contributed by atoms with van der Waals surface area (Å²) in [5, 5.41) is 2.88. The molecule has 3 N–H and O–H groups in total. The molecule has 0 spiro atoms. The predicted octanol–water partition coefficient (Wildman–Crippen LogP) is 3.27. The fraction of sp³-hybridized carbons (Fsp3) is 0.286. The van der Waals surface area contributed by atoms with Gasteiger partial charge in [-0.25, -0.2) is 0 Å². The van der Waals surface area contributed by atoms with Crippen molar-refractivity contribution in [3.63, 3.8) is 0 Å². The highest BCUT2D eigenvalue weighted by Crippen LogP contribution is 2.31. The number of carbonyl (C=O) groups is 3. The Balaban J connectivity index is 1.49. The van der Waals surface area contributed by atoms with Crippen LogP contribution < -0.4 is 11.1 Å². The number of benzene rings is 2. The molecule has 7 heteroatoms. The summed E-state index contributed by atoms with van der Waals surface area (Å²) in [7, 11) is 0. The zero-order valence-electron chi connectivity index (χ0n) is 15.3. The van der Waals surface area contributed by atoms with E-state index in [-0.39, 0.29) is 35.4 Å². The summed E-state index contributed by atoms with van der Waals surface area (Å²) in [5.41, 5.74) is 10.2. The topological polar surface area (TPSA) is 92.5 Å². The standard InChI is InChI=1S/C21H21N3O3S/c22-16-7-8-17-14(10-16)4-2-6-18(17)23-20(26)15-5-1-3-13(9-15)11-24-19(25)12-28-21(24)27/h1,3,5,7-10,18H,2,4,6,11-12,22H2,(H,23,26). The third-order valence-electron chi connectivity index (χ3n) is 5.16. The van der Waals surface area contributed by atoms with Gasteiger partial charge in [0.15, 0.2) is 0 Å². The Morgan fingerprint density at radius 1 is 1.21 bits per heavy atom. The van der Waals surface area contributed by atoms with Gasteiger partial charge < -0.3 is 11.1 Å². The summed E-state index contributed by atoms with van der Waals surface area (Å²) in [6.45, 7) is 0.192. The molecule has 28 heavy (non-hydrogen) atoms. The number of rotatable bonds is 4. The van der Waals surface area contributed by atoms with Crippen LogP contribution >= 0.6 is 11.8 Å². The van der Waals surface area contributed by atoms with E-state index in [1.54, 1.807) is 18.2 Å². The van der Waals surface area contributed by atoms with Gasteiger partial charge in [0.05, 0.1) is 18.3 Å². The molecule has 0 bridgehead atoms. The first-order valence-electron chi connectivity index (χ1n) is 9.26. The normalized spacial score (nSPS) is 18.9. The first kappa shape index (κ1) is 18.6. The molecule has 1 atom stereocenters. The van der Waals surface area contributed by atoms with Crippen LogP contribution in [0.25, 0.3) is 0 Å². The molecule has 0 aromatic heterocycles. The third kappa shape index (κ3) is 3.75. The highest BCUT2D eigenvalue weighted by molar-refractivity contribution is 8.14. The lowest BCUT2D eigenvalue weighted by Crippen LogP contribution is -2.31. The Hall–Kier alpha value is -2.80. The number of nitrogens with one attached hydrogen (secondary N) is 1. The Morgan fingerprint density at radius 3 is 2.86 bits per heavy atom. The minimum Gasteiger partial charge on any atom is -0.399 e. The number of thioether (sulfide) groups is 1. The molecule has 1 unspecified atom stereocenters. The van der Waals surface area contributed by atoms with Crippen molar-refractivity contribution in [2.24, 2.45) is 0 Å². The Morgan fingerprint density at radius 2 is 2.07 bits per heavy atom. The van der Waals surface area contributed by atoms with Crippen LogP contribution in [-0.4, -0.2) is 27.7 Å². The number of imide groups is 1. The predicted molar refractivity (Wildman–Crippen MR) is 109 cm³/mol. The molecule has 1 aliphatic carbocycles. The summed E-state index contributed by atoms with van der Waals surface area (Å²) in [6.07, 6.45) is 2.85. The molecule has 4 rings (SSSR count). The first-order chi connectivity index (χ1) is 13.5. The van der Waals surface area contributed by atoms with E-state index in [0.717, 1.165) is 47.8 Å². The Kier molecular flexibility index (Phi) is 5.09.